The molecule has 0 amide bonds. The van der Waals surface area contributed by atoms with Crippen LogP contribution in [0.15, 0.2) is 0 Å². The van der Waals surface area contributed by atoms with Crippen LogP contribution >= 0.6 is 0 Å². The van der Waals surface area contributed by atoms with Crippen LogP contribution in [0.25, 0.3) is 0 Å². The smallest absolute Gasteiger partial charge is 0.211 e. The Bertz CT molecular complexity index is 261. The molecule has 1 rings (SSSR count). The third kappa shape index (κ3) is 3.98. The Morgan fingerprint density at radius 3 is 2.50 bits per heavy atom. The van der Waals surface area contributed by atoms with Gasteiger partial charge in [0.1, 0.15) is 0 Å². The van der Waals surface area contributed by atoms with Gasteiger partial charge in [-0.3, -0.25) is 0 Å². The number of nitrogens with zero attached hydrogens (tertiary/aromatic N) is 1. The van der Waals surface area contributed by atoms with Crippen molar-refractivity contribution >= 4 is 18.0 Å². The number of hydrogen-bond donors (Lipinski definition) is 1. The third-order valence-corrected chi connectivity index (χ3v) is 4.18. The minimum atomic E-state index is -3.02. The predicted octanol–water partition coefficient (Wildman–Crippen LogP) is -0.672. The van der Waals surface area contributed by atoms with E-state index in [0.29, 0.717) is 6.42 Å². The van der Waals surface area contributed by atoms with Crippen molar-refractivity contribution in [1.29, 1.82) is 0 Å². The van der Waals surface area contributed by atoms with E-state index in [9.17, 15) is 8.42 Å². The SMILES string of the molecule is BN1CCC(NS(=O)(=O)CCC)CC1. The molecule has 1 heterocycles. The van der Waals surface area contributed by atoms with Crippen LogP contribution in [0.3, 0.4) is 0 Å². The van der Waals surface area contributed by atoms with E-state index in [-0.39, 0.29) is 11.8 Å². The van der Waals surface area contributed by atoms with Crippen molar-refractivity contribution in [2.75, 3.05) is 18.8 Å². The summed E-state index contributed by atoms with van der Waals surface area (Å²) in [5, 5.41) is 0. The second-order valence-corrected chi connectivity index (χ2v) is 5.89. The molecule has 1 saturated heterocycles. The summed E-state index contributed by atoms with van der Waals surface area (Å²) in [4.78, 5) is 2.23. The van der Waals surface area contributed by atoms with E-state index in [0.717, 1.165) is 25.9 Å². The third-order valence-electron chi connectivity index (χ3n) is 2.54. The summed E-state index contributed by atoms with van der Waals surface area (Å²) in [7, 11) is -0.951. The topological polar surface area (TPSA) is 49.4 Å². The molecule has 0 saturated carbocycles. The fourth-order valence-corrected chi connectivity index (χ4v) is 3.11. The van der Waals surface area contributed by atoms with Crippen LogP contribution in [0.2, 0.25) is 0 Å². The molecule has 0 aromatic rings. The highest BCUT2D eigenvalue weighted by Crippen LogP contribution is 2.09. The standard InChI is InChI=1S/C8H19BN2O2S/c1-2-7-14(12,13)10-8-3-5-11(9)6-4-8/h8,10H,2-7,9H2,1H3. The summed E-state index contributed by atoms with van der Waals surface area (Å²) < 4.78 is 25.7. The average Bonchev–Trinajstić information content (AvgIpc) is 2.08. The highest BCUT2D eigenvalue weighted by Gasteiger charge is 2.20. The van der Waals surface area contributed by atoms with E-state index in [1.165, 1.54) is 0 Å². The van der Waals surface area contributed by atoms with Gasteiger partial charge in [0, 0.05) is 6.04 Å². The molecule has 0 aliphatic carbocycles. The largest absolute Gasteiger partial charge is 0.349 e. The number of sulfonamides is 1. The van der Waals surface area contributed by atoms with Crippen LogP contribution < -0.4 is 4.72 Å². The first-order valence-corrected chi connectivity index (χ1v) is 6.87. The van der Waals surface area contributed by atoms with Crippen LogP contribution in [0, 0.1) is 0 Å². The van der Waals surface area contributed by atoms with Crippen molar-refractivity contribution in [3.8, 4) is 0 Å². The molecule has 1 fully saturated rings. The normalized spacial score (nSPS) is 21.2. The molecule has 14 heavy (non-hydrogen) atoms. The van der Waals surface area contributed by atoms with Gasteiger partial charge in [-0.15, -0.1) is 0 Å². The second-order valence-electron chi connectivity index (χ2n) is 4.01. The van der Waals surface area contributed by atoms with Crippen molar-refractivity contribution in [2.24, 2.45) is 0 Å². The van der Waals surface area contributed by atoms with Crippen LogP contribution in [-0.2, 0) is 10.0 Å². The van der Waals surface area contributed by atoms with E-state index in [2.05, 4.69) is 17.5 Å². The van der Waals surface area contributed by atoms with E-state index in [1.807, 2.05) is 6.92 Å². The molecule has 82 valence electrons. The molecule has 1 aliphatic heterocycles. The predicted molar refractivity (Wildman–Crippen MR) is 60.4 cm³/mol. The van der Waals surface area contributed by atoms with Crippen molar-refractivity contribution in [2.45, 2.75) is 32.2 Å². The Kier molecular flexibility index (Phi) is 4.41. The second kappa shape index (κ2) is 5.14. The van der Waals surface area contributed by atoms with Crippen molar-refractivity contribution in [3.05, 3.63) is 0 Å². The fourth-order valence-electron chi connectivity index (χ4n) is 1.71. The maximum atomic E-state index is 11.5. The van der Waals surface area contributed by atoms with E-state index < -0.39 is 10.0 Å². The van der Waals surface area contributed by atoms with Crippen LogP contribution in [-0.4, -0.2) is 46.1 Å². The van der Waals surface area contributed by atoms with Gasteiger partial charge in [-0.05, 0) is 32.4 Å². The van der Waals surface area contributed by atoms with Crippen LogP contribution in [0.1, 0.15) is 26.2 Å². The van der Waals surface area contributed by atoms with Gasteiger partial charge in [0.15, 0.2) is 7.98 Å². The summed E-state index contributed by atoms with van der Waals surface area (Å²) in [6, 6.07) is 0.155. The molecule has 0 radical (unpaired) electrons. The first-order valence-electron chi connectivity index (χ1n) is 5.22. The van der Waals surface area contributed by atoms with E-state index in [4.69, 9.17) is 0 Å². The van der Waals surface area contributed by atoms with Gasteiger partial charge in [-0.25, -0.2) is 13.1 Å². The minimum Gasteiger partial charge on any atom is -0.349 e. The van der Waals surface area contributed by atoms with Crippen molar-refractivity contribution < 1.29 is 8.42 Å². The zero-order valence-corrected chi connectivity index (χ0v) is 9.81. The molecule has 1 aliphatic rings. The molecule has 1 N–H and O–H groups in total. The quantitative estimate of drug-likeness (QED) is 0.636. The van der Waals surface area contributed by atoms with E-state index in [1.54, 1.807) is 0 Å². The number of piperidine rings is 1. The molecule has 0 bridgehead atoms. The van der Waals surface area contributed by atoms with Gasteiger partial charge in [0.2, 0.25) is 10.0 Å². The zero-order chi connectivity index (χ0) is 10.6. The monoisotopic (exact) mass is 218 g/mol. The summed E-state index contributed by atoms with van der Waals surface area (Å²) >= 11 is 0. The average molecular weight is 218 g/mol. The number of hydrogen-bond acceptors (Lipinski definition) is 3. The molecule has 0 atom stereocenters. The summed E-state index contributed by atoms with van der Waals surface area (Å²) in [6.07, 6.45) is 2.54. The lowest BCUT2D eigenvalue weighted by Crippen LogP contribution is -2.44. The van der Waals surface area contributed by atoms with Crippen LogP contribution in [0.5, 0.6) is 0 Å². The number of nitrogens with one attached hydrogen (secondary N) is 1. The molecular formula is C8H19BN2O2S. The maximum absolute atomic E-state index is 11.5. The Labute approximate surface area is 87.5 Å². The minimum absolute atomic E-state index is 0.155. The summed E-state index contributed by atoms with van der Waals surface area (Å²) in [5.74, 6) is 0.249. The first-order chi connectivity index (χ1) is 6.53. The Morgan fingerprint density at radius 2 is 2.00 bits per heavy atom. The number of rotatable bonds is 4. The molecule has 6 heteroatoms. The van der Waals surface area contributed by atoms with E-state index >= 15 is 0 Å². The van der Waals surface area contributed by atoms with Gasteiger partial charge in [0.25, 0.3) is 0 Å². The Hall–Kier alpha value is -0.0651. The molecule has 0 aromatic heterocycles. The lowest BCUT2D eigenvalue weighted by atomic mass is 10.0. The summed E-state index contributed by atoms with van der Waals surface area (Å²) in [5.41, 5.74) is 0. The Balaban J connectivity index is 2.37. The molecule has 4 nitrogen and oxygen atoms in total. The van der Waals surface area contributed by atoms with Gasteiger partial charge < -0.3 is 4.81 Å². The zero-order valence-electron chi connectivity index (χ0n) is 8.99. The van der Waals surface area contributed by atoms with Crippen LogP contribution in [0.4, 0.5) is 0 Å². The lowest BCUT2D eigenvalue weighted by Gasteiger charge is -2.29. The van der Waals surface area contributed by atoms with Gasteiger partial charge >= 0.3 is 0 Å². The lowest BCUT2D eigenvalue weighted by molar-refractivity contribution is 0.321. The fraction of sp³-hybridized carbons (Fsp3) is 1.00. The molecular weight excluding hydrogens is 199 g/mol. The van der Waals surface area contributed by atoms with Gasteiger partial charge in [0.05, 0.1) is 5.75 Å². The van der Waals surface area contributed by atoms with Crippen molar-refractivity contribution in [3.63, 3.8) is 0 Å². The first kappa shape index (κ1) is 12.0. The van der Waals surface area contributed by atoms with Gasteiger partial charge in [-0.2, -0.15) is 0 Å². The van der Waals surface area contributed by atoms with Gasteiger partial charge in [-0.1, -0.05) is 6.92 Å². The van der Waals surface area contributed by atoms with Crippen molar-refractivity contribution in [1.82, 2.24) is 9.53 Å². The highest BCUT2D eigenvalue weighted by molar-refractivity contribution is 7.89. The maximum Gasteiger partial charge on any atom is 0.211 e. The summed E-state index contributed by atoms with van der Waals surface area (Å²) in [6.45, 7) is 3.85. The molecule has 0 aromatic carbocycles. The molecule has 0 unspecified atom stereocenters. The Morgan fingerprint density at radius 1 is 1.43 bits per heavy atom. The molecule has 0 spiro atoms. The highest BCUT2D eigenvalue weighted by atomic mass is 32.2.